The van der Waals surface area contributed by atoms with Crippen molar-refractivity contribution < 1.29 is 9.90 Å². The third-order valence-electron chi connectivity index (χ3n) is 4.25. The van der Waals surface area contributed by atoms with Crippen LogP contribution in [0.25, 0.3) is 0 Å². The number of nitrogens with one attached hydrogen (secondary N) is 1. The molecule has 128 valence electrons. The molecule has 2 N–H and O–H groups in total. The summed E-state index contributed by atoms with van der Waals surface area (Å²) < 4.78 is 1.86. The van der Waals surface area contributed by atoms with Gasteiger partial charge in [0.1, 0.15) is 0 Å². The Bertz CT molecular complexity index is 602. The minimum Gasteiger partial charge on any atom is -0.503 e. The molecule has 2 heterocycles. The molecular formula is C17H27N3O3. The molecule has 1 aromatic heterocycles. The summed E-state index contributed by atoms with van der Waals surface area (Å²) >= 11 is 0. The van der Waals surface area contributed by atoms with E-state index in [1.54, 1.807) is 0 Å². The lowest BCUT2D eigenvalue weighted by molar-refractivity contribution is -0.118. The summed E-state index contributed by atoms with van der Waals surface area (Å²) in [5, 5.41) is 12.4. The fourth-order valence-electron chi connectivity index (χ4n) is 3.45. The van der Waals surface area contributed by atoms with E-state index in [2.05, 4.69) is 24.1 Å². The first-order valence-corrected chi connectivity index (χ1v) is 8.24. The predicted molar refractivity (Wildman–Crippen MR) is 89.3 cm³/mol. The molecule has 23 heavy (non-hydrogen) atoms. The second-order valence-corrected chi connectivity index (χ2v) is 6.83. The Kier molecular flexibility index (Phi) is 5.82. The Labute approximate surface area is 137 Å². The molecule has 1 amide bonds. The van der Waals surface area contributed by atoms with Gasteiger partial charge in [-0.25, -0.2) is 0 Å². The van der Waals surface area contributed by atoms with Crippen LogP contribution < -0.4 is 10.7 Å². The highest BCUT2D eigenvalue weighted by atomic mass is 16.3. The van der Waals surface area contributed by atoms with E-state index in [0.29, 0.717) is 31.5 Å². The zero-order valence-electron chi connectivity index (χ0n) is 14.2. The lowest BCUT2D eigenvalue weighted by Gasteiger charge is -2.35. The number of carbonyl (C=O) groups excluding carboxylic acids is 1. The molecule has 2 atom stereocenters. The maximum absolute atomic E-state index is 11.8. The van der Waals surface area contributed by atoms with E-state index in [4.69, 9.17) is 0 Å². The highest BCUT2D eigenvalue weighted by molar-refractivity contribution is 5.72. The van der Waals surface area contributed by atoms with Gasteiger partial charge in [-0.2, -0.15) is 0 Å². The highest BCUT2D eigenvalue weighted by Gasteiger charge is 2.22. The molecular weight excluding hydrogens is 294 g/mol. The van der Waals surface area contributed by atoms with E-state index in [-0.39, 0.29) is 17.1 Å². The van der Waals surface area contributed by atoms with Crippen LogP contribution in [0.5, 0.6) is 5.75 Å². The van der Waals surface area contributed by atoms with Gasteiger partial charge in [0.05, 0.1) is 6.20 Å². The second kappa shape index (κ2) is 7.64. The van der Waals surface area contributed by atoms with Gasteiger partial charge < -0.3 is 15.0 Å². The predicted octanol–water partition coefficient (Wildman–Crippen LogP) is 1.17. The summed E-state index contributed by atoms with van der Waals surface area (Å²) in [5.74, 6) is 0.957. The van der Waals surface area contributed by atoms with Crippen molar-refractivity contribution in [3.8, 4) is 5.75 Å². The topological polar surface area (TPSA) is 74.6 Å². The van der Waals surface area contributed by atoms with E-state index >= 15 is 0 Å². The van der Waals surface area contributed by atoms with Crippen LogP contribution in [0.1, 0.15) is 32.9 Å². The molecule has 0 radical (unpaired) electrons. The van der Waals surface area contributed by atoms with Crippen LogP contribution in [-0.2, 0) is 17.9 Å². The molecule has 0 bridgehead atoms. The third-order valence-corrected chi connectivity index (χ3v) is 4.25. The molecule has 2 rings (SSSR count). The van der Waals surface area contributed by atoms with Crippen molar-refractivity contribution >= 4 is 5.91 Å². The number of aromatic hydroxyl groups is 1. The number of rotatable bonds is 5. The third kappa shape index (κ3) is 5.10. The highest BCUT2D eigenvalue weighted by Crippen LogP contribution is 2.22. The van der Waals surface area contributed by atoms with E-state index in [9.17, 15) is 14.7 Å². The number of piperidine rings is 1. The average Bonchev–Trinajstić information content (AvgIpc) is 2.42. The molecule has 2 unspecified atom stereocenters. The van der Waals surface area contributed by atoms with Crippen LogP contribution in [0.4, 0.5) is 0 Å². The van der Waals surface area contributed by atoms with Crippen LogP contribution in [-0.4, -0.2) is 40.1 Å². The standard InChI is InChI=1S/C17H27N3O3/c1-12-6-13(2)9-19(8-12)10-15-7-16(22)17(23)11-20(15)5-4-18-14(3)21/h7,11-13,23H,4-6,8-10H2,1-3H3,(H,18,21). The number of pyridine rings is 1. The Hall–Kier alpha value is -1.82. The van der Waals surface area contributed by atoms with E-state index in [0.717, 1.165) is 18.8 Å². The maximum Gasteiger partial charge on any atom is 0.223 e. The monoisotopic (exact) mass is 321 g/mol. The number of carbonyl (C=O) groups is 1. The van der Waals surface area contributed by atoms with Gasteiger partial charge >= 0.3 is 0 Å². The van der Waals surface area contributed by atoms with Crippen LogP contribution in [0.2, 0.25) is 0 Å². The van der Waals surface area contributed by atoms with Gasteiger partial charge in [-0.15, -0.1) is 0 Å². The van der Waals surface area contributed by atoms with Crippen molar-refractivity contribution in [2.45, 2.75) is 40.3 Å². The summed E-state index contributed by atoms with van der Waals surface area (Å²) in [6, 6.07) is 1.51. The molecule has 1 saturated heterocycles. The van der Waals surface area contributed by atoms with Crippen LogP contribution >= 0.6 is 0 Å². The average molecular weight is 321 g/mol. The summed E-state index contributed by atoms with van der Waals surface area (Å²) in [7, 11) is 0. The minimum absolute atomic E-state index is 0.0875. The van der Waals surface area contributed by atoms with Gasteiger partial charge in [0.25, 0.3) is 0 Å². The van der Waals surface area contributed by atoms with Gasteiger partial charge in [-0.3, -0.25) is 14.5 Å². The molecule has 1 aliphatic heterocycles. The molecule has 0 aromatic carbocycles. The van der Waals surface area contributed by atoms with Crippen LogP contribution in [0.15, 0.2) is 17.1 Å². The second-order valence-electron chi connectivity index (χ2n) is 6.83. The van der Waals surface area contributed by atoms with Crippen molar-refractivity contribution in [2.75, 3.05) is 19.6 Å². The van der Waals surface area contributed by atoms with Gasteiger partial charge in [0, 0.05) is 51.4 Å². The number of hydrogen-bond donors (Lipinski definition) is 2. The van der Waals surface area contributed by atoms with Crippen molar-refractivity contribution in [1.82, 2.24) is 14.8 Å². The molecule has 1 aromatic rings. The Morgan fingerprint density at radius 3 is 2.61 bits per heavy atom. The number of amides is 1. The molecule has 6 heteroatoms. The van der Waals surface area contributed by atoms with Gasteiger partial charge in [0.2, 0.25) is 11.3 Å². The largest absolute Gasteiger partial charge is 0.503 e. The Morgan fingerprint density at radius 2 is 2.00 bits per heavy atom. The van der Waals surface area contributed by atoms with Gasteiger partial charge in [-0.1, -0.05) is 13.8 Å². The summed E-state index contributed by atoms with van der Waals surface area (Å²) in [6.07, 6.45) is 2.71. The first-order chi connectivity index (χ1) is 10.8. The zero-order valence-corrected chi connectivity index (χ0v) is 14.2. The molecule has 1 aliphatic rings. The van der Waals surface area contributed by atoms with Crippen molar-refractivity contribution in [3.05, 3.63) is 28.2 Å². The van der Waals surface area contributed by atoms with Gasteiger partial charge in [0.15, 0.2) is 5.75 Å². The summed E-state index contributed by atoms with van der Waals surface area (Å²) in [6.45, 7) is 9.70. The SMILES string of the molecule is CC(=O)NCCn1cc(O)c(=O)cc1CN1CC(C)CC(C)C1. The van der Waals surface area contributed by atoms with Crippen molar-refractivity contribution in [3.63, 3.8) is 0 Å². The van der Waals surface area contributed by atoms with Crippen LogP contribution in [0.3, 0.4) is 0 Å². The number of likely N-dealkylation sites (tertiary alicyclic amines) is 1. The van der Waals surface area contributed by atoms with E-state index in [1.807, 2.05) is 4.57 Å². The van der Waals surface area contributed by atoms with E-state index < -0.39 is 0 Å². The number of aromatic nitrogens is 1. The smallest absolute Gasteiger partial charge is 0.223 e. The molecule has 6 nitrogen and oxygen atoms in total. The van der Waals surface area contributed by atoms with Crippen molar-refractivity contribution in [1.29, 1.82) is 0 Å². The minimum atomic E-state index is -0.353. The normalized spacial score (nSPS) is 22.0. The number of nitrogens with zero attached hydrogens (tertiary/aromatic N) is 2. The fraction of sp³-hybridized carbons (Fsp3) is 0.647. The summed E-state index contributed by atoms with van der Waals surface area (Å²) in [4.78, 5) is 25.2. The van der Waals surface area contributed by atoms with Crippen molar-refractivity contribution in [2.24, 2.45) is 11.8 Å². The zero-order chi connectivity index (χ0) is 17.0. The fourth-order valence-corrected chi connectivity index (χ4v) is 3.45. The Balaban J connectivity index is 2.13. The first kappa shape index (κ1) is 17.5. The molecule has 0 saturated carbocycles. The lowest BCUT2D eigenvalue weighted by atomic mass is 9.92. The lowest BCUT2D eigenvalue weighted by Crippen LogP contribution is -2.39. The quantitative estimate of drug-likeness (QED) is 0.854. The van der Waals surface area contributed by atoms with Gasteiger partial charge in [-0.05, 0) is 18.3 Å². The summed E-state index contributed by atoms with van der Waals surface area (Å²) in [5.41, 5.74) is 0.522. The number of hydrogen-bond acceptors (Lipinski definition) is 4. The maximum atomic E-state index is 11.8. The molecule has 1 fully saturated rings. The molecule has 0 spiro atoms. The Morgan fingerprint density at radius 1 is 1.35 bits per heavy atom. The first-order valence-electron chi connectivity index (χ1n) is 8.24. The molecule has 0 aliphatic carbocycles. The van der Waals surface area contributed by atoms with Crippen LogP contribution in [0, 0.1) is 11.8 Å². The van der Waals surface area contributed by atoms with E-state index in [1.165, 1.54) is 25.6 Å².